The third-order valence-electron chi connectivity index (χ3n) is 2.55. The van der Waals surface area contributed by atoms with E-state index in [1.165, 1.54) is 6.20 Å². The van der Waals surface area contributed by atoms with Crippen molar-refractivity contribution < 1.29 is 18.0 Å². The summed E-state index contributed by atoms with van der Waals surface area (Å²) in [4.78, 5) is 18.8. The number of hydrogen-bond donors (Lipinski definition) is 1. The third-order valence-corrected chi connectivity index (χ3v) is 2.55. The number of aromatic nitrogens is 4. The fourth-order valence-electron chi connectivity index (χ4n) is 1.71. The second-order valence-corrected chi connectivity index (χ2v) is 4.46. The van der Waals surface area contributed by atoms with Crippen molar-refractivity contribution in [3.8, 4) is 11.4 Å². The van der Waals surface area contributed by atoms with Crippen LogP contribution in [0.2, 0.25) is 0 Å². The Kier molecular flexibility index (Phi) is 3.92. The first kappa shape index (κ1) is 14.9. The molecule has 0 spiro atoms. The maximum Gasteiger partial charge on any atom is 0.408 e. The average Bonchev–Trinajstić information content (AvgIpc) is 2.69. The smallest absolute Gasteiger partial charge is 0.369 e. The van der Waals surface area contributed by atoms with Crippen LogP contribution in [0.15, 0.2) is 18.3 Å². The van der Waals surface area contributed by atoms with Crippen molar-refractivity contribution in [2.45, 2.75) is 26.1 Å². The number of carbonyl (C=O) groups is 1. The van der Waals surface area contributed by atoms with Crippen LogP contribution in [-0.2, 0) is 17.8 Å². The normalized spacial score (nSPS) is 11.6. The van der Waals surface area contributed by atoms with Gasteiger partial charge >= 0.3 is 6.18 Å². The molecule has 0 fully saturated rings. The molecule has 0 aliphatic rings. The summed E-state index contributed by atoms with van der Waals surface area (Å²) in [6.07, 6.45) is -3.37. The number of rotatable bonds is 4. The molecule has 0 saturated heterocycles. The first-order valence-electron chi connectivity index (χ1n) is 5.96. The SMILES string of the molecule is Cc1ccc(-c2nc(CC(N)=O)nn2CC(F)(F)F)cn1. The van der Waals surface area contributed by atoms with Gasteiger partial charge in [0.25, 0.3) is 0 Å². The fourth-order valence-corrected chi connectivity index (χ4v) is 1.71. The molecular formula is C12H12F3N5O. The minimum absolute atomic E-state index is 0.00363. The lowest BCUT2D eigenvalue weighted by molar-refractivity contribution is -0.142. The summed E-state index contributed by atoms with van der Waals surface area (Å²) < 4.78 is 38.4. The molecular weight excluding hydrogens is 287 g/mol. The van der Waals surface area contributed by atoms with Crippen LogP contribution >= 0.6 is 0 Å². The number of nitrogens with zero attached hydrogens (tertiary/aromatic N) is 4. The van der Waals surface area contributed by atoms with E-state index >= 15 is 0 Å². The van der Waals surface area contributed by atoms with Crippen LogP contribution < -0.4 is 5.73 Å². The van der Waals surface area contributed by atoms with E-state index in [0.29, 0.717) is 10.2 Å². The molecule has 112 valence electrons. The zero-order chi connectivity index (χ0) is 15.6. The van der Waals surface area contributed by atoms with Gasteiger partial charge in [0.1, 0.15) is 6.54 Å². The van der Waals surface area contributed by atoms with E-state index in [9.17, 15) is 18.0 Å². The van der Waals surface area contributed by atoms with Crippen LogP contribution in [0.4, 0.5) is 13.2 Å². The number of pyridine rings is 1. The Morgan fingerprint density at radius 1 is 1.38 bits per heavy atom. The summed E-state index contributed by atoms with van der Waals surface area (Å²) in [6, 6.07) is 3.24. The Morgan fingerprint density at radius 2 is 2.10 bits per heavy atom. The molecule has 1 amide bonds. The van der Waals surface area contributed by atoms with Crippen LogP contribution in [0.5, 0.6) is 0 Å². The predicted octanol–water partition coefficient (Wildman–Crippen LogP) is 1.24. The molecule has 0 aliphatic heterocycles. The number of carbonyl (C=O) groups excluding carboxylic acids is 1. The highest BCUT2D eigenvalue weighted by Gasteiger charge is 2.30. The van der Waals surface area contributed by atoms with Gasteiger partial charge in [0.15, 0.2) is 11.6 Å². The molecule has 2 aromatic heterocycles. The molecule has 0 aliphatic carbocycles. The maximum absolute atomic E-state index is 12.6. The molecule has 0 aromatic carbocycles. The van der Waals surface area contributed by atoms with Crippen molar-refractivity contribution in [1.29, 1.82) is 0 Å². The van der Waals surface area contributed by atoms with Crippen LogP contribution in [0, 0.1) is 6.92 Å². The minimum Gasteiger partial charge on any atom is -0.369 e. The molecule has 2 N–H and O–H groups in total. The van der Waals surface area contributed by atoms with E-state index < -0.39 is 18.6 Å². The second kappa shape index (κ2) is 5.51. The van der Waals surface area contributed by atoms with Gasteiger partial charge in [-0.25, -0.2) is 9.67 Å². The van der Waals surface area contributed by atoms with Crippen LogP contribution in [0.1, 0.15) is 11.5 Å². The standard InChI is InChI=1S/C12H12F3N5O/c1-7-2-3-8(5-17-7)11-18-10(4-9(16)21)19-20(11)6-12(13,14)15/h2-3,5H,4,6H2,1H3,(H2,16,21). The van der Waals surface area contributed by atoms with E-state index in [1.54, 1.807) is 19.1 Å². The quantitative estimate of drug-likeness (QED) is 0.920. The summed E-state index contributed by atoms with van der Waals surface area (Å²) in [7, 11) is 0. The van der Waals surface area contributed by atoms with E-state index in [0.717, 1.165) is 5.69 Å². The van der Waals surface area contributed by atoms with E-state index in [4.69, 9.17) is 5.73 Å². The summed E-state index contributed by atoms with van der Waals surface area (Å²) in [5, 5.41) is 3.69. The van der Waals surface area contributed by atoms with Crippen LogP contribution in [-0.4, -0.2) is 31.8 Å². The van der Waals surface area contributed by atoms with Crippen molar-refractivity contribution in [3.05, 3.63) is 29.8 Å². The Hall–Kier alpha value is -2.45. The number of amides is 1. The van der Waals surface area contributed by atoms with E-state index in [1.807, 2.05) is 0 Å². The first-order valence-corrected chi connectivity index (χ1v) is 5.96. The highest BCUT2D eigenvalue weighted by molar-refractivity contribution is 5.75. The number of nitrogens with two attached hydrogens (primary N) is 1. The summed E-state index contributed by atoms with van der Waals surface area (Å²) in [5.41, 5.74) is 6.11. The van der Waals surface area contributed by atoms with Gasteiger partial charge in [-0.15, -0.1) is 0 Å². The minimum atomic E-state index is -4.45. The molecule has 0 radical (unpaired) electrons. The molecule has 0 atom stereocenters. The zero-order valence-corrected chi connectivity index (χ0v) is 11.1. The molecule has 0 bridgehead atoms. The summed E-state index contributed by atoms with van der Waals surface area (Å²) in [6.45, 7) is 0.449. The highest BCUT2D eigenvalue weighted by Crippen LogP contribution is 2.22. The van der Waals surface area contributed by atoms with Gasteiger partial charge in [0.2, 0.25) is 5.91 Å². The van der Waals surface area contributed by atoms with E-state index in [-0.39, 0.29) is 18.1 Å². The van der Waals surface area contributed by atoms with Crippen molar-refractivity contribution in [2.24, 2.45) is 5.73 Å². The van der Waals surface area contributed by atoms with Crippen molar-refractivity contribution in [1.82, 2.24) is 19.7 Å². The molecule has 6 nitrogen and oxygen atoms in total. The van der Waals surface area contributed by atoms with Crippen molar-refractivity contribution in [2.75, 3.05) is 0 Å². The number of primary amides is 1. The van der Waals surface area contributed by atoms with Gasteiger partial charge in [0, 0.05) is 17.5 Å². The van der Waals surface area contributed by atoms with Gasteiger partial charge in [-0.05, 0) is 19.1 Å². The number of aryl methyl sites for hydroxylation is 1. The lowest BCUT2D eigenvalue weighted by atomic mass is 10.2. The number of alkyl halides is 3. The van der Waals surface area contributed by atoms with Crippen LogP contribution in [0.25, 0.3) is 11.4 Å². The van der Waals surface area contributed by atoms with Gasteiger partial charge < -0.3 is 5.73 Å². The molecule has 0 unspecified atom stereocenters. The molecule has 2 aromatic rings. The van der Waals surface area contributed by atoms with Crippen molar-refractivity contribution >= 4 is 5.91 Å². The fraction of sp³-hybridized carbons (Fsp3) is 0.333. The maximum atomic E-state index is 12.6. The van der Waals surface area contributed by atoms with Gasteiger partial charge in [-0.1, -0.05) is 0 Å². The zero-order valence-electron chi connectivity index (χ0n) is 11.1. The lowest BCUT2D eigenvalue weighted by Crippen LogP contribution is -2.20. The molecule has 0 saturated carbocycles. The van der Waals surface area contributed by atoms with Gasteiger partial charge in [0.05, 0.1) is 6.42 Å². The van der Waals surface area contributed by atoms with Crippen LogP contribution in [0.3, 0.4) is 0 Å². The Morgan fingerprint density at radius 3 is 2.62 bits per heavy atom. The Labute approximate surface area is 117 Å². The monoisotopic (exact) mass is 299 g/mol. The van der Waals surface area contributed by atoms with Gasteiger partial charge in [-0.3, -0.25) is 9.78 Å². The number of hydrogen-bond acceptors (Lipinski definition) is 4. The largest absolute Gasteiger partial charge is 0.408 e. The molecule has 2 rings (SSSR count). The second-order valence-electron chi connectivity index (χ2n) is 4.46. The average molecular weight is 299 g/mol. The lowest BCUT2D eigenvalue weighted by Gasteiger charge is -2.08. The highest BCUT2D eigenvalue weighted by atomic mass is 19.4. The Balaban J connectivity index is 2.43. The Bertz CT molecular complexity index is 648. The summed E-state index contributed by atoms with van der Waals surface area (Å²) in [5.74, 6) is -0.772. The third kappa shape index (κ3) is 4.01. The predicted molar refractivity (Wildman–Crippen MR) is 66.9 cm³/mol. The summed E-state index contributed by atoms with van der Waals surface area (Å²) >= 11 is 0. The molecule has 21 heavy (non-hydrogen) atoms. The topological polar surface area (TPSA) is 86.7 Å². The van der Waals surface area contributed by atoms with E-state index in [2.05, 4.69) is 15.1 Å². The molecule has 9 heteroatoms. The number of halogens is 3. The molecule has 2 heterocycles. The van der Waals surface area contributed by atoms with Crippen molar-refractivity contribution in [3.63, 3.8) is 0 Å². The van der Waals surface area contributed by atoms with Gasteiger partial charge in [-0.2, -0.15) is 18.3 Å². The first-order chi connectivity index (χ1) is 9.74.